The molecule has 1 saturated carbocycles. The second kappa shape index (κ2) is 11.4. The molecule has 0 unspecified atom stereocenters. The number of amides is 2. The van der Waals surface area contributed by atoms with Crippen LogP contribution in [0.4, 0.5) is 11.6 Å². The summed E-state index contributed by atoms with van der Waals surface area (Å²) < 4.78 is 12.4. The Bertz CT molecular complexity index is 1180. The maximum absolute atomic E-state index is 13.0. The standard InChI is InChI=1S/C27H34N4O4/c1-30(25(32)16-19-8-4-5-9-19)21-12-13-24-23(18-21)28-27(31(24)14-7-15-34-2)29-26(33)20-10-6-11-22(17-20)35-3/h6,10-13,17-19H,4-5,7-9,14-16H2,1-3H3,(H,28,29,33). The normalized spacial score (nSPS) is 13.8. The lowest BCUT2D eigenvalue weighted by Gasteiger charge is -2.19. The van der Waals surface area contributed by atoms with Crippen LogP contribution in [0.3, 0.4) is 0 Å². The number of ether oxygens (including phenoxy) is 2. The monoisotopic (exact) mass is 478 g/mol. The molecule has 1 aromatic heterocycles. The fourth-order valence-electron chi connectivity index (χ4n) is 4.70. The molecule has 0 saturated heterocycles. The Morgan fingerprint density at radius 2 is 1.94 bits per heavy atom. The molecule has 8 nitrogen and oxygen atoms in total. The van der Waals surface area contributed by atoms with Crippen LogP contribution in [0.5, 0.6) is 5.75 Å². The maximum atomic E-state index is 13.0. The third-order valence-electron chi connectivity index (χ3n) is 6.72. The van der Waals surface area contributed by atoms with Gasteiger partial charge in [0.1, 0.15) is 5.75 Å². The number of fused-ring (bicyclic) bond motifs is 1. The van der Waals surface area contributed by atoms with Crippen molar-refractivity contribution in [1.82, 2.24) is 9.55 Å². The summed E-state index contributed by atoms with van der Waals surface area (Å²) in [5.74, 6) is 1.42. The van der Waals surface area contributed by atoms with Crippen molar-refractivity contribution in [2.75, 3.05) is 38.1 Å². The molecule has 2 amide bonds. The molecule has 0 aliphatic heterocycles. The zero-order valence-electron chi connectivity index (χ0n) is 20.8. The van der Waals surface area contributed by atoms with Crippen LogP contribution in [0.15, 0.2) is 42.5 Å². The van der Waals surface area contributed by atoms with Crippen molar-refractivity contribution in [3.05, 3.63) is 48.0 Å². The number of carbonyl (C=O) groups excluding carboxylic acids is 2. The zero-order chi connectivity index (χ0) is 24.8. The number of hydrogen-bond acceptors (Lipinski definition) is 5. The van der Waals surface area contributed by atoms with Gasteiger partial charge in [-0.2, -0.15) is 0 Å². The second-order valence-corrected chi connectivity index (χ2v) is 9.10. The van der Waals surface area contributed by atoms with Crippen LogP contribution >= 0.6 is 0 Å². The minimum Gasteiger partial charge on any atom is -0.497 e. The Labute approximate surface area is 206 Å². The molecule has 0 bridgehead atoms. The molecule has 0 spiro atoms. The minimum absolute atomic E-state index is 0.127. The Morgan fingerprint density at radius 3 is 2.69 bits per heavy atom. The van der Waals surface area contributed by atoms with Gasteiger partial charge in [-0.25, -0.2) is 4.98 Å². The highest BCUT2D eigenvalue weighted by molar-refractivity contribution is 6.04. The third-order valence-corrected chi connectivity index (χ3v) is 6.72. The molecule has 186 valence electrons. The summed E-state index contributed by atoms with van der Waals surface area (Å²) in [4.78, 5) is 32.3. The third kappa shape index (κ3) is 5.82. The molecule has 1 aliphatic rings. The summed E-state index contributed by atoms with van der Waals surface area (Å²) in [5.41, 5.74) is 2.90. The fraction of sp³-hybridized carbons (Fsp3) is 0.444. The van der Waals surface area contributed by atoms with Gasteiger partial charge in [0.2, 0.25) is 11.9 Å². The van der Waals surface area contributed by atoms with Gasteiger partial charge >= 0.3 is 0 Å². The van der Waals surface area contributed by atoms with Crippen LogP contribution in [0, 0.1) is 5.92 Å². The van der Waals surface area contributed by atoms with E-state index in [1.165, 1.54) is 12.8 Å². The van der Waals surface area contributed by atoms with Crippen molar-refractivity contribution in [3.8, 4) is 5.75 Å². The number of benzene rings is 2. The largest absolute Gasteiger partial charge is 0.497 e. The van der Waals surface area contributed by atoms with Gasteiger partial charge in [-0.15, -0.1) is 0 Å². The highest BCUT2D eigenvalue weighted by atomic mass is 16.5. The molecule has 0 atom stereocenters. The van der Waals surface area contributed by atoms with E-state index >= 15 is 0 Å². The molecule has 2 aromatic carbocycles. The summed E-state index contributed by atoms with van der Waals surface area (Å²) in [6.45, 7) is 1.23. The summed E-state index contributed by atoms with van der Waals surface area (Å²) in [6, 6.07) is 12.8. The summed E-state index contributed by atoms with van der Waals surface area (Å²) in [6.07, 6.45) is 6.08. The van der Waals surface area contributed by atoms with Crippen molar-refractivity contribution in [2.24, 2.45) is 5.92 Å². The molecule has 1 heterocycles. The average molecular weight is 479 g/mol. The van der Waals surface area contributed by atoms with Crippen LogP contribution < -0.4 is 15.0 Å². The van der Waals surface area contributed by atoms with Crippen LogP contribution in [-0.2, 0) is 16.1 Å². The minimum atomic E-state index is -0.267. The number of nitrogens with one attached hydrogen (secondary N) is 1. The lowest BCUT2D eigenvalue weighted by Crippen LogP contribution is -2.27. The summed E-state index contributed by atoms with van der Waals surface area (Å²) >= 11 is 0. The summed E-state index contributed by atoms with van der Waals surface area (Å²) in [5, 5.41) is 2.95. The van der Waals surface area contributed by atoms with Crippen molar-refractivity contribution in [2.45, 2.75) is 45.1 Å². The Hall–Kier alpha value is -3.39. The van der Waals surface area contributed by atoms with Gasteiger partial charge < -0.3 is 18.9 Å². The maximum Gasteiger partial charge on any atom is 0.258 e. The predicted molar refractivity (Wildman–Crippen MR) is 137 cm³/mol. The van der Waals surface area contributed by atoms with E-state index in [-0.39, 0.29) is 11.8 Å². The topological polar surface area (TPSA) is 85.7 Å². The van der Waals surface area contributed by atoms with Crippen molar-refractivity contribution in [1.29, 1.82) is 0 Å². The van der Waals surface area contributed by atoms with Gasteiger partial charge in [-0.1, -0.05) is 18.9 Å². The van der Waals surface area contributed by atoms with Crippen LogP contribution in [0.2, 0.25) is 0 Å². The SMILES string of the molecule is COCCCn1c(NC(=O)c2cccc(OC)c2)nc2cc(N(C)C(=O)CC3CCCC3)ccc21. The number of anilines is 2. The lowest BCUT2D eigenvalue weighted by molar-refractivity contribution is -0.119. The Balaban J connectivity index is 1.59. The molecule has 1 fully saturated rings. The molecule has 3 aromatic rings. The van der Waals surface area contributed by atoms with Gasteiger partial charge in [0.25, 0.3) is 5.91 Å². The first-order valence-electron chi connectivity index (χ1n) is 12.2. The molecule has 1 N–H and O–H groups in total. The number of nitrogens with zero attached hydrogens (tertiary/aromatic N) is 3. The number of rotatable bonds is 10. The van der Waals surface area contributed by atoms with Gasteiger partial charge in [-0.3, -0.25) is 14.9 Å². The number of imidazole rings is 1. The van der Waals surface area contributed by atoms with E-state index in [4.69, 9.17) is 14.5 Å². The van der Waals surface area contributed by atoms with E-state index in [0.29, 0.717) is 42.8 Å². The van der Waals surface area contributed by atoms with E-state index in [1.54, 1.807) is 43.4 Å². The van der Waals surface area contributed by atoms with E-state index in [0.717, 1.165) is 36.0 Å². The molecular formula is C27H34N4O4. The first-order chi connectivity index (χ1) is 17.0. The average Bonchev–Trinajstić information content (AvgIpc) is 3.51. The van der Waals surface area contributed by atoms with E-state index < -0.39 is 0 Å². The highest BCUT2D eigenvalue weighted by Gasteiger charge is 2.22. The molecule has 8 heteroatoms. The highest BCUT2D eigenvalue weighted by Crippen LogP contribution is 2.30. The molecule has 4 rings (SSSR count). The van der Waals surface area contributed by atoms with Crippen LogP contribution in [0.25, 0.3) is 11.0 Å². The van der Waals surface area contributed by atoms with E-state index in [1.807, 2.05) is 29.8 Å². The van der Waals surface area contributed by atoms with Gasteiger partial charge in [0, 0.05) is 45.0 Å². The number of aryl methyl sites for hydroxylation is 1. The Morgan fingerprint density at radius 1 is 1.14 bits per heavy atom. The second-order valence-electron chi connectivity index (χ2n) is 9.10. The fourth-order valence-corrected chi connectivity index (χ4v) is 4.70. The van der Waals surface area contributed by atoms with Crippen molar-refractivity contribution < 1.29 is 19.1 Å². The van der Waals surface area contributed by atoms with Gasteiger partial charge in [0.15, 0.2) is 0 Å². The van der Waals surface area contributed by atoms with Crippen molar-refractivity contribution >= 4 is 34.5 Å². The predicted octanol–water partition coefficient (Wildman–Crippen LogP) is 4.88. The van der Waals surface area contributed by atoms with Crippen LogP contribution in [0.1, 0.15) is 48.9 Å². The van der Waals surface area contributed by atoms with Gasteiger partial charge in [-0.05, 0) is 61.6 Å². The quantitative estimate of drug-likeness (QED) is 0.420. The number of methoxy groups -OCH3 is 2. The summed E-state index contributed by atoms with van der Waals surface area (Å²) in [7, 11) is 5.06. The lowest BCUT2D eigenvalue weighted by atomic mass is 10.0. The zero-order valence-corrected chi connectivity index (χ0v) is 20.8. The van der Waals surface area contributed by atoms with E-state index in [9.17, 15) is 9.59 Å². The molecule has 35 heavy (non-hydrogen) atoms. The number of hydrogen-bond donors (Lipinski definition) is 1. The Kier molecular flexibility index (Phi) is 8.02. The number of carbonyl (C=O) groups is 2. The number of aromatic nitrogens is 2. The first kappa shape index (κ1) is 24.7. The smallest absolute Gasteiger partial charge is 0.258 e. The van der Waals surface area contributed by atoms with Crippen LogP contribution in [-0.4, -0.2) is 49.2 Å². The first-order valence-corrected chi connectivity index (χ1v) is 12.2. The molecular weight excluding hydrogens is 444 g/mol. The van der Waals surface area contributed by atoms with E-state index in [2.05, 4.69) is 5.32 Å². The van der Waals surface area contributed by atoms with Gasteiger partial charge in [0.05, 0.1) is 18.1 Å². The molecule has 1 aliphatic carbocycles. The van der Waals surface area contributed by atoms with Crippen molar-refractivity contribution in [3.63, 3.8) is 0 Å². The molecule has 0 radical (unpaired) electrons.